The van der Waals surface area contributed by atoms with Crippen molar-refractivity contribution in [2.24, 2.45) is 0 Å². The smallest absolute Gasteiger partial charge is 0.310 e. The van der Waals surface area contributed by atoms with Crippen molar-refractivity contribution in [3.05, 3.63) is 38.4 Å². The maximum absolute atomic E-state index is 11.4. The van der Waals surface area contributed by atoms with Gasteiger partial charge in [-0.3, -0.25) is 14.9 Å². The fraction of sp³-hybridized carbons (Fsp3) is 0.364. The van der Waals surface area contributed by atoms with Crippen LogP contribution in [0.15, 0.2) is 12.1 Å². The van der Waals surface area contributed by atoms with Gasteiger partial charge in [-0.15, -0.1) is 0 Å². The normalized spacial score (nSPS) is 10.2. The zero-order valence-corrected chi connectivity index (χ0v) is 12.0. The molecule has 0 unspecified atom stereocenters. The Bertz CT molecular complexity index is 478. The molecular formula is C11H11BrClNO4. The van der Waals surface area contributed by atoms with Gasteiger partial charge in [-0.05, 0) is 18.1 Å². The van der Waals surface area contributed by atoms with Crippen molar-refractivity contribution < 1.29 is 14.5 Å². The highest BCUT2D eigenvalue weighted by Gasteiger charge is 2.17. The number of esters is 1. The molecule has 1 aromatic rings. The Balaban J connectivity index is 3.12. The third kappa shape index (κ3) is 3.68. The fourth-order valence-corrected chi connectivity index (χ4v) is 2.28. The van der Waals surface area contributed by atoms with Crippen molar-refractivity contribution in [1.29, 1.82) is 0 Å². The lowest BCUT2D eigenvalue weighted by molar-refractivity contribution is -0.385. The van der Waals surface area contributed by atoms with Gasteiger partial charge in [0.15, 0.2) is 0 Å². The summed E-state index contributed by atoms with van der Waals surface area (Å²) in [6.45, 7) is 1.95. The Hall–Kier alpha value is -1.14. The second kappa shape index (κ2) is 6.70. The van der Waals surface area contributed by atoms with Crippen LogP contribution in [-0.4, -0.2) is 17.5 Å². The van der Waals surface area contributed by atoms with Crippen molar-refractivity contribution in [2.75, 3.05) is 6.61 Å². The Labute approximate surface area is 117 Å². The van der Waals surface area contributed by atoms with E-state index in [2.05, 4.69) is 15.9 Å². The number of alkyl halides is 1. The minimum absolute atomic E-state index is 0.0750. The van der Waals surface area contributed by atoms with E-state index < -0.39 is 10.9 Å². The third-order valence-electron chi connectivity index (χ3n) is 2.20. The first-order valence-corrected chi connectivity index (χ1v) is 6.66. The minimum Gasteiger partial charge on any atom is -0.466 e. The van der Waals surface area contributed by atoms with E-state index in [0.29, 0.717) is 21.5 Å². The van der Waals surface area contributed by atoms with E-state index in [-0.39, 0.29) is 18.7 Å². The Morgan fingerprint density at radius 3 is 2.61 bits per heavy atom. The van der Waals surface area contributed by atoms with Crippen LogP contribution in [0, 0.1) is 10.1 Å². The molecule has 0 aromatic heterocycles. The number of carbonyl (C=O) groups excluding carboxylic acids is 1. The van der Waals surface area contributed by atoms with Gasteiger partial charge in [-0.25, -0.2) is 0 Å². The summed E-state index contributed by atoms with van der Waals surface area (Å²) in [6, 6.07) is 2.68. The van der Waals surface area contributed by atoms with Crippen molar-refractivity contribution in [1.82, 2.24) is 0 Å². The SMILES string of the molecule is CCOC(=O)Cc1cc([N+](=O)[O-])cc(CBr)c1Cl. The van der Waals surface area contributed by atoms with Gasteiger partial charge >= 0.3 is 5.97 Å². The lowest BCUT2D eigenvalue weighted by atomic mass is 10.1. The van der Waals surface area contributed by atoms with E-state index in [1.807, 2.05) is 0 Å². The number of nitro benzene ring substituents is 1. The molecule has 0 heterocycles. The molecule has 0 radical (unpaired) electrons. The van der Waals surface area contributed by atoms with Crippen LogP contribution in [0.4, 0.5) is 5.69 Å². The molecule has 0 aliphatic rings. The first kappa shape index (κ1) is 14.9. The molecule has 0 saturated heterocycles. The molecule has 1 rings (SSSR count). The predicted octanol–water partition coefficient (Wildman–Crippen LogP) is 3.25. The highest BCUT2D eigenvalue weighted by atomic mass is 79.9. The Kier molecular flexibility index (Phi) is 5.55. The maximum Gasteiger partial charge on any atom is 0.310 e. The van der Waals surface area contributed by atoms with Crippen molar-refractivity contribution >= 4 is 39.2 Å². The summed E-state index contributed by atoms with van der Waals surface area (Å²) < 4.78 is 4.80. The lowest BCUT2D eigenvalue weighted by Gasteiger charge is -2.08. The number of hydrogen-bond acceptors (Lipinski definition) is 4. The minimum atomic E-state index is -0.517. The van der Waals surface area contributed by atoms with Gasteiger partial charge in [0.2, 0.25) is 0 Å². The van der Waals surface area contributed by atoms with Crippen LogP contribution in [-0.2, 0) is 21.3 Å². The number of hydrogen-bond donors (Lipinski definition) is 0. The molecular weight excluding hydrogens is 325 g/mol. The maximum atomic E-state index is 11.4. The van der Waals surface area contributed by atoms with E-state index in [4.69, 9.17) is 16.3 Å². The van der Waals surface area contributed by atoms with Gasteiger partial charge < -0.3 is 4.74 Å². The zero-order chi connectivity index (χ0) is 13.7. The summed E-state index contributed by atoms with van der Waals surface area (Å²) in [6.07, 6.45) is -0.0750. The molecule has 0 N–H and O–H groups in total. The number of nitrogens with zero attached hydrogens (tertiary/aromatic N) is 1. The van der Waals surface area contributed by atoms with Gasteiger partial charge in [0.1, 0.15) is 0 Å². The highest BCUT2D eigenvalue weighted by Crippen LogP contribution is 2.29. The largest absolute Gasteiger partial charge is 0.466 e. The second-order valence-corrected chi connectivity index (χ2v) is 4.39. The van der Waals surface area contributed by atoms with Crippen molar-refractivity contribution in [2.45, 2.75) is 18.7 Å². The highest BCUT2D eigenvalue weighted by molar-refractivity contribution is 9.08. The molecule has 1 aromatic carbocycles. The first-order valence-electron chi connectivity index (χ1n) is 5.16. The van der Waals surface area contributed by atoms with Crippen LogP contribution in [0.5, 0.6) is 0 Å². The number of benzene rings is 1. The van der Waals surface area contributed by atoms with Crippen LogP contribution < -0.4 is 0 Å². The van der Waals surface area contributed by atoms with Crippen LogP contribution in [0.1, 0.15) is 18.1 Å². The monoisotopic (exact) mass is 335 g/mol. The molecule has 0 bridgehead atoms. The average Bonchev–Trinajstić information content (AvgIpc) is 2.31. The number of nitro groups is 1. The lowest BCUT2D eigenvalue weighted by Crippen LogP contribution is -2.08. The predicted molar refractivity (Wildman–Crippen MR) is 71.1 cm³/mol. The van der Waals surface area contributed by atoms with Gasteiger partial charge in [0, 0.05) is 22.5 Å². The molecule has 0 aliphatic carbocycles. The van der Waals surface area contributed by atoms with E-state index in [0.717, 1.165) is 0 Å². The van der Waals surface area contributed by atoms with E-state index in [1.165, 1.54) is 12.1 Å². The molecule has 0 spiro atoms. The summed E-state index contributed by atoms with van der Waals surface area (Å²) in [5, 5.41) is 11.5. The number of ether oxygens (including phenoxy) is 1. The molecule has 7 heteroatoms. The summed E-state index contributed by atoms with van der Waals surface area (Å²) in [5.41, 5.74) is 0.886. The Morgan fingerprint density at radius 2 is 2.11 bits per heavy atom. The summed E-state index contributed by atoms with van der Waals surface area (Å²) >= 11 is 9.27. The fourth-order valence-electron chi connectivity index (χ4n) is 1.43. The van der Waals surface area contributed by atoms with Gasteiger partial charge in [0.25, 0.3) is 5.69 Å². The quantitative estimate of drug-likeness (QED) is 0.358. The first-order chi connectivity index (χ1) is 8.49. The average molecular weight is 337 g/mol. The van der Waals surface area contributed by atoms with E-state index >= 15 is 0 Å². The molecule has 98 valence electrons. The van der Waals surface area contributed by atoms with E-state index in [9.17, 15) is 14.9 Å². The molecule has 0 amide bonds. The molecule has 0 aliphatic heterocycles. The molecule has 18 heavy (non-hydrogen) atoms. The van der Waals surface area contributed by atoms with Crippen molar-refractivity contribution in [3.8, 4) is 0 Å². The van der Waals surface area contributed by atoms with Crippen molar-refractivity contribution in [3.63, 3.8) is 0 Å². The third-order valence-corrected chi connectivity index (χ3v) is 3.29. The van der Waals surface area contributed by atoms with Gasteiger partial charge in [-0.2, -0.15) is 0 Å². The molecule has 0 fully saturated rings. The van der Waals surface area contributed by atoms with Gasteiger partial charge in [0.05, 0.1) is 18.0 Å². The molecule has 0 saturated carbocycles. The summed E-state index contributed by atoms with van der Waals surface area (Å²) in [7, 11) is 0. The van der Waals surface area contributed by atoms with Crippen LogP contribution in [0.3, 0.4) is 0 Å². The summed E-state index contributed by atoms with van der Waals surface area (Å²) in [5.74, 6) is -0.458. The second-order valence-electron chi connectivity index (χ2n) is 3.45. The number of carbonyl (C=O) groups is 1. The topological polar surface area (TPSA) is 69.4 Å². The Morgan fingerprint density at radius 1 is 1.50 bits per heavy atom. The molecule has 5 nitrogen and oxygen atoms in total. The number of rotatable bonds is 5. The summed E-state index contributed by atoms with van der Waals surface area (Å²) in [4.78, 5) is 21.6. The number of halogens is 2. The van der Waals surface area contributed by atoms with Gasteiger partial charge in [-0.1, -0.05) is 27.5 Å². The zero-order valence-electron chi connectivity index (χ0n) is 9.61. The van der Waals surface area contributed by atoms with Crippen LogP contribution in [0.25, 0.3) is 0 Å². The van der Waals surface area contributed by atoms with E-state index in [1.54, 1.807) is 6.92 Å². The van der Waals surface area contributed by atoms with Crippen LogP contribution in [0.2, 0.25) is 5.02 Å². The molecule has 0 atom stereocenters. The van der Waals surface area contributed by atoms with Crippen LogP contribution >= 0.6 is 27.5 Å². The number of non-ortho nitro benzene ring substituents is 1. The standard InChI is InChI=1S/C11H11BrClNO4/c1-2-18-10(15)5-7-3-9(14(16)17)4-8(6-12)11(7)13/h3-4H,2,5-6H2,1H3.